The fraction of sp³-hybridized carbons (Fsp3) is 0.722. The summed E-state index contributed by atoms with van der Waals surface area (Å²) in [4.78, 5) is 24.4. The van der Waals surface area contributed by atoms with Crippen molar-refractivity contribution in [2.75, 3.05) is 6.54 Å². The summed E-state index contributed by atoms with van der Waals surface area (Å²) in [5.74, 6) is -0.574. The predicted molar refractivity (Wildman–Crippen MR) is 89.3 cm³/mol. The Bertz CT molecular complexity index is 617. The second-order valence-electron chi connectivity index (χ2n) is 7.15. The Balaban J connectivity index is 1.50. The molecular formula is C18H27N3O3. The first-order valence-corrected chi connectivity index (χ1v) is 9.01. The molecule has 2 fully saturated rings. The highest BCUT2D eigenvalue weighted by atomic mass is 16.6. The number of amides is 1. The molecule has 2 aliphatic rings. The zero-order valence-corrected chi connectivity index (χ0v) is 14.6. The smallest absolute Gasteiger partial charge is 0.307 e. The van der Waals surface area contributed by atoms with Crippen molar-refractivity contribution < 1.29 is 14.3 Å². The van der Waals surface area contributed by atoms with Crippen LogP contribution in [-0.4, -0.2) is 33.8 Å². The van der Waals surface area contributed by atoms with Crippen molar-refractivity contribution in [1.29, 1.82) is 0 Å². The molecule has 1 aromatic heterocycles. The average molecular weight is 333 g/mol. The summed E-state index contributed by atoms with van der Waals surface area (Å²) >= 11 is 0. The second-order valence-corrected chi connectivity index (χ2v) is 7.15. The normalized spacial score (nSPS) is 22.6. The molecule has 1 amide bonds. The van der Waals surface area contributed by atoms with Crippen molar-refractivity contribution in [3.05, 3.63) is 17.5 Å². The summed E-state index contributed by atoms with van der Waals surface area (Å²) < 4.78 is 7.57. The first-order valence-electron chi connectivity index (χ1n) is 9.01. The highest BCUT2D eigenvalue weighted by molar-refractivity contribution is 5.87. The predicted octanol–water partition coefficient (Wildman–Crippen LogP) is 2.27. The van der Waals surface area contributed by atoms with E-state index in [1.54, 1.807) is 0 Å². The molecule has 1 aliphatic carbocycles. The van der Waals surface area contributed by atoms with Crippen LogP contribution in [0.1, 0.15) is 56.3 Å². The molecule has 0 radical (unpaired) electrons. The van der Waals surface area contributed by atoms with Crippen LogP contribution in [0.4, 0.5) is 0 Å². The number of carbonyl (C=O) groups is 2. The van der Waals surface area contributed by atoms with E-state index in [1.807, 2.05) is 24.6 Å². The molecule has 3 rings (SSSR count). The number of hydrogen-bond donors (Lipinski definition) is 1. The van der Waals surface area contributed by atoms with E-state index in [2.05, 4.69) is 10.4 Å². The largest absolute Gasteiger partial charge is 0.458 e. The summed E-state index contributed by atoms with van der Waals surface area (Å²) in [5.41, 5.74) is 1.61. The van der Waals surface area contributed by atoms with Gasteiger partial charge in [-0.15, -0.1) is 0 Å². The molecule has 6 nitrogen and oxygen atoms in total. The van der Waals surface area contributed by atoms with Crippen molar-refractivity contribution >= 4 is 11.9 Å². The zero-order valence-electron chi connectivity index (χ0n) is 14.6. The maximum absolute atomic E-state index is 12.6. The fourth-order valence-corrected chi connectivity index (χ4v) is 4.09. The molecule has 1 unspecified atom stereocenters. The van der Waals surface area contributed by atoms with E-state index >= 15 is 0 Å². The first-order chi connectivity index (χ1) is 11.5. The van der Waals surface area contributed by atoms with Gasteiger partial charge in [0.05, 0.1) is 18.0 Å². The van der Waals surface area contributed by atoms with Crippen LogP contribution in [0.15, 0.2) is 6.07 Å². The van der Waals surface area contributed by atoms with Crippen LogP contribution in [0, 0.1) is 19.8 Å². The van der Waals surface area contributed by atoms with E-state index in [9.17, 15) is 9.59 Å². The Labute approximate surface area is 142 Å². The van der Waals surface area contributed by atoms with E-state index < -0.39 is 5.60 Å². The molecular weight excluding hydrogens is 306 g/mol. The van der Waals surface area contributed by atoms with Crippen molar-refractivity contribution in [2.45, 2.75) is 70.9 Å². The van der Waals surface area contributed by atoms with E-state index in [0.29, 0.717) is 6.54 Å². The summed E-state index contributed by atoms with van der Waals surface area (Å²) in [7, 11) is 0. The van der Waals surface area contributed by atoms with Crippen molar-refractivity contribution in [3.63, 3.8) is 0 Å². The first kappa shape index (κ1) is 17.0. The van der Waals surface area contributed by atoms with Gasteiger partial charge in [0.15, 0.2) is 0 Å². The molecule has 2 heterocycles. The average Bonchev–Trinajstić information content (AvgIpc) is 3.03. The second kappa shape index (κ2) is 6.95. The van der Waals surface area contributed by atoms with Crippen LogP contribution < -0.4 is 5.32 Å². The number of nitrogens with zero attached hydrogens (tertiary/aromatic N) is 2. The highest BCUT2D eigenvalue weighted by Crippen LogP contribution is 2.44. The number of aryl methyl sites for hydroxylation is 3. The molecule has 1 spiro atoms. The van der Waals surface area contributed by atoms with Gasteiger partial charge in [-0.3, -0.25) is 14.3 Å². The Morgan fingerprint density at radius 2 is 2.12 bits per heavy atom. The Hall–Kier alpha value is -1.85. The molecule has 1 N–H and O–H groups in total. The van der Waals surface area contributed by atoms with Crippen LogP contribution in [0.2, 0.25) is 0 Å². The number of rotatable bonds is 5. The van der Waals surface area contributed by atoms with Crippen LogP contribution in [-0.2, 0) is 20.9 Å². The fourth-order valence-electron chi connectivity index (χ4n) is 4.09. The van der Waals surface area contributed by atoms with Gasteiger partial charge < -0.3 is 10.1 Å². The zero-order chi connectivity index (χ0) is 17.2. The maximum Gasteiger partial charge on any atom is 0.307 e. The van der Waals surface area contributed by atoms with Gasteiger partial charge in [0.1, 0.15) is 5.60 Å². The van der Waals surface area contributed by atoms with Gasteiger partial charge >= 0.3 is 5.97 Å². The highest BCUT2D eigenvalue weighted by Gasteiger charge is 2.52. The van der Waals surface area contributed by atoms with E-state index in [4.69, 9.17) is 4.74 Å². The minimum absolute atomic E-state index is 0.0314. The lowest BCUT2D eigenvalue weighted by Crippen LogP contribution is -2.46. The van der Waals surface area contributed by atoms with Crippen LogP contribution in [0.3, 0.4) is 0 Å². The third-order valence-corrected chi connectivity index (χ3v) is 5.29. The van der Waals surface area contributed by atoms with E-state index in [0.717, 1.165) is 56.5 Å². The van der Waals surface area contributed by atoms with Gasteiger partial charge in [0.25, 0.3) is 0 Å². The number of ether oxygens (including phenoxy) is 1. The van der Waals surface area contributed by atoms with Gasteiger partial charge in [-0.05, 0) is 52.0 Å². The SMILES string of the molecule is Cc1cc(C)n(CCCNC(=O)C2CC(=O)OC23CCCCC3)n1. The van der Waals surface area contributed by atoms with Crippen LogP contribution in [0.25, 0.3) is 0 Å². The molecule has 132 valence electrons. The number of esters is 1. The topological polar surface area (TPSA) is 73.2 Å². The quantitative estimate of drug-likeness (QED) is 0.663. The van der Waals surface area contributed by atoms with Gasteiger partial charge in [-0.1, -0.05) is 6.42 Å². The standard InChI is InChI=1S/C18H27N3O3/c1-13-11-14(2)21(20-13)10-6-9-19-17(23)15-12-16(22)24-18(15)7-4-3-5-8-18/h11,15H,3-10,12H2,1-2H3,(H,19,23). The molecule has 6 heteroatoms. The molecule has 1 atom stereocenters. The third kappa shape index (κ3) is 3.47. The lowest BCUT2D eigenvalue weighted by molar-refractivity contribution is -0.153. The number of carbonyl (C=O) groups excluding carboxylic acids is 2. The minimum Gasteiger partial charge on any atom is -0.458 e. The number of nitrogens with one attached hydrogen (secondary N) is 1. The van der Waals surface area contributed by atoms with Crippen molar-refractivity contribution in [1.82, 2.24) is 15.1 Å². The summed E-state index contributed by atoms with van der Waals surface area (Å²) in [6.45, 7) is 5.39. The molecule has 1 saturated heterocycles. The van der Waals surface area contributed by atoms with Crippen molar-refractivity contribution in [3.8, 4) is 0 Å². The number of hydrogen-bond acceptors (Lipinski definition) is 4. The molecule has 0 aromatic carbocycles. The van der Waals surface area contributed by atoms with Crippen LogP contribution in [0.5, 0.6) is 0 Å². The molecule has 1 aromatic rings. The Kier molecular flexibility index (Phi) is 4.92. The lowest BCUT2D eigenvalue weighted by atomic mass is 9.75. The third-order valence-electron chi connectivity index (χ3n) is 5.29. The summed E-state index contributed by atoms with van der Waals surface area (Å²) in [5, 5.41) is 7.42. The van der Waals surface area contributed by atoms with Gasteiger partial charge in [0, 0.05) is 18.8 Å². The Morgan fingerprint density at radius 1 is 1.38 bits per heavy atom. The van der Waals surface area contributed by atoms with E-state index in [1.165, 1.54) is 0 Å². The van der Waals surface area contributed by atoms with Gasteiger partial charge in [-0.2, -0.15) is 5.10 Å². The summed E-state index contributed by atoms with van der Waals surface area (Å²) in [6.07, 6.45) is 5.93. The molecule has 1 saturated carbocycles. The number of aromatic nitrogens is 2. The molecule has 0 bridgehead atoms. The lowest BCUT2D eigenvalue weighted by Gasteiger charge is -2.36. The molecule has 1 aliphatic heterocycles. The van der Waals surface area contributed by atoms with Crippen molar-refractivity contribution in [2.24, 2.45) is 5.92 Å². The van der Waals surface area contributed by atoms with E-state index in [-0.39, 0.29) is 24.2 Å². The summed E-state index contributed by atoms with van der Waals surface area (Å²) in [6, 6.07) is 2.05. The van der Waals surface area contributed by atoms with Gasteiger partial charge in [0.2, 0.25) is 5.91 Å². The van der Waals surface area contributed by atoms with Gasteiger partial charge in [-0.25, -0.2) is 0 Å². The Morgan fingerprint density at radius 3 is 2.79 bits per heavy atom. The monoisotopic (exact) mass is 333 g/mol. The molecule has 24 heavy (non-hydrogen) atoms. The minimum atomic E-state index is -0.533. The van der Waals surface area contributed by atoms with Crippen LogP contribution >= 0.6 is 0 Å². The maximum atomic E-state index is 12.6.